The summed E-state index contributed by atoms with van der Waals surface area (Å²) in [6, 6.07) is 10.7. The highest BCUT2D eigenvalue weighted by Gasteiger charge is 2.29. The van der Waals surface area contributed by atoms with E-state index in [9.17, 15) is 14.0 Å². The number of hydrogen-bond donors (Lipinski definition) is 1. The van der Waals surface area contributed by atoms with E-state index in [1.54, 1.807) is 32.2 Å². The van der Waals surface area contributed by atoms with Gasteiger partial charge < -0.3 is 15.0 Å². The molecule has 0 bridgehead atoms. The van der Waals surface area contributed by atoms with Gasteiger partial charge in [-0.25, -0.2) is 4.39 Å². The molecule has 6 nitrogen and oxygen atoms in total. The summed E-state index contributed by atoms with van der Waals surface area (Å²) < 4.78 is 20.9. The average molecular weight is 482 g/mol. The molecule has 188 valence electrons. The quantitative estimate of drug-likeness (QED) is 0.566. The maximum absolute atomic E-state index is 14.5. The molecule has 35 heavy (non-hydrogen) atoms. The summed E-state index contributed by atoms with van der Waals surface area (Å²) in [4.78, 5) is 28.5. The molecule has 1 heterocycles. The molecule has 0 spiro atoms. The van der Waals surface area contributed by atoms with Gasteiger partial charge in [-0.2, -0.15) is 0 Å². The van der Waals surface area contributed by atoms with Gasteiger partial charge in [0.1, 0.15) is 17.7 Å². The van der Waals surface area contributed by atoms with Gasteiger partial charge in [-0.05, 0) is 66.8 Å². The topological polar surface area (TPSA) is 61.9 Å². The number of benzene rings is 2. The van der Waals surface area contributed by atoms with E-state index in [1.165, 1.54) is 12.1 Å². The lowest BCUT2D eigenvalue weighted by atomic mass is 9.96. The first-order valence-electron chi connectivity index (χ1n) is 12.1. The number of hydrogen-bond acceptors (Lipinski definition) is 4. The van der Waals surface area contributed by atoms with Crippen molar-refractivity contribution in [2.75, 3.05) is 33.2 Å². The van der Waals surface area contributed by atoms with Gasteiger partial charge in [0, 0.05) is 44.8 Å². The predicted molar refractivity (Wildman–Crippen MR) is 136 cm³/mol. The molecule has 1 saturated heterocycles. The Balaban J connectivity index is 1.88. The van der Waals surface area contributed by atoms with Gasteiger partial charge in [-0.3, -0.25) is 14.5 Å². The number of nitrogens with zero attached hydrogens (tertiary/aromatic N) is 2. The summed E-state index contributed by atoms with van der Waals surface area (Å²) >= 11 is 0. The molecule has 7 heteroatoms. The number of halogens is 1. The van der Waals surface area contributed by atoms with Gasteiger partial charge in [-0.15, -0.1) is 0 Å². The standard InChI is InChI=1S/C28H36FN3O3/c1-7-27(33)32-13-12-31(16-20(32)5)17-26(21-9-8-19(4)25(29)14-21)35-22-10-11-23(28(34)30-6)24(15-22)18(2)3/h7-11,14-15,18,20,26H,1,12-13,16-17H2,2-6H3,(H,30,34)/t20-,26-/m1/s1. The fourth-order valence-corrected chi connectivity index (χ4v) is 4.50. The van der Waals surface area contributed by atoms with E-state index in [2.05, 4.69) is 16.8 Å². The Bertz CT molecular complexity index is 1090. The van der Waals surface area contributed by atoms with Crippen molar-refractivity contribution in [1.29, 1.82) is 0 Å². The summed E-state index contributed by atoms with van der Waals surface area (Å²) in [5, 5.41) is 2.69. The highest BCUT2D eigenvalue weighted by molar-refractivity contribution is 5.95. The lowest BCUT2D eigenvalue weighted by Crippen LogP contribution is -2.54. The first kappa shape index (κ1) is 26.4. The molecule has 2 amide bonds. The van der Waals surface area contributed by atoms with Crippen molar-refractivity contribution in [1.82, 2.24) is 15.1 Å². The van der Waals surface area contributed by atoms with Crippen LogP contribution in [0.3, 0.4) is 0 Å². The van der Waals surface area contributed by atoms with E-state index in [0.717, 1.165) is 11.1 Å². The highest BCUT2D eigenvalue weighted by atomic mass is 19.1. The van der Waals surface area contributed by atoms with Crippen molar-refractivity contribution < 1.29 is 18.7 Å². The van der Waals surface area contributed by atoms with E-state index in [-0.39, 0.29) is 29.6 Å². The Labute approximate surface area is 207 Å². The van der Waals surface area contributed by atoms with Crippen molar-refractivity contribution in [3.8, 4) is 5.75 Å². The largest absolute Gasteiger partial charge is 0.484 e. The second kappa shape index (κ2) is 11.5. The number of carbonyl (C=O) groups excluding carboxylic acids is 2. The maximum Gasteiger partial charge on any atom is 0.251 e. The molecule has 1 N–H and O–H groups in total. The second-order valence-electron chi connectivity index (χ2n) is 9.44. The van der Waals surface area contributed by atoms with Crippen LogP contribution in [0.2, 0.25) is 0 Å². The van der Waals surface area contributed by atoms with Gasteiger partial charge in [0.05, 0.1) is 0 Å². The Hall–Kier alpha value is -3.19. The predicted octanol–water partition coefficient (Wildman–Crippen LogP) is 4.46. The molecule has 0 saturated carbocycles. The zero-order valence-corrected chi connectivity index (χ0v) is 21.3. The number of amides is 2. The summed E-state index contributed by atoms with van der Waals surface area (Å²) in [5.41, 5.74) is 2.83. The molecule has 0 radical (unpaired) electrons. The number of piperazine rings is 1. The van der Waals surface area contributed by atoms with Crippen molar-refractivity contribution in [3.05, 3.63) is 77.1 Å². The van der Waals surface area contributed by atoms with E-state index in [1.807, 2.05) is 37.8 Å². The fraction of sp³-hybridized carbons (Fsp3) is 0.429. The van der Waals surface area contributed by atoms with Gasteiger partial charge in [-0.1, -0.05) is 32.6 Å². The van der Waals surface area contributed by atoms with Crippen LogP contribution in [0.1, 0.15) is 59.8 Å². The SMILES string of the molecule is C=CC(=O)N1CCN(C[C@@H](Oc2ccc(C(=O)NC)c(C(C)C)c2)c2ccc(C)c(F)c2)C[C@H]1C. The Morgan fingerprint density at radius 3 is 2.57 bits per heavy atom. The van der Waals surface area contributed by atoms with E-state index in [4.69, 9.17) is 4.74 Å². The molecule has 0 unspecified atom stereocenters. The third-order valence-corrected chi connectivity index (χ3v) is 6.56. The van der Waals surface area contributed by atoms with Crippen molar-refractivity contribution in [2.24, 2.45) is 0 Å². The molecule has 1 aliphatic rings. The summed E-state index contributed by atoms with van der Waals surface area (Å²) in [6.45, 7) is 13.9. The molecule has 3 rings (SSSR count). The average Bonchev–Trinajstić information content (AvgIpc) is 2.84. The summed E-state index contributed by atoms with van der Waals surface area (Å²) in [7, 11) is 1.61. The zero-order chi connectivity index (χ0) is 25.7. The Kier molecular flexibility index (Phi) is 8.67. The fourth-order valence-electron chi connectivity index (χ4n) is 4.50. The minimum Gasteiger partial charge on any atom is -0.484 e. The van der Waals surface area contributed by atoms with Crippen LogP contribution in [0.25, 0.3) is 0 Å². The minimum absolute atomic E-state index is 0.0315. The van der Waals surface area contributed by atoms with Crippen LogP contribution in [-0.2, 0) is 4.79 Å². The van der Waals surface area contributed by atoms with Crippen LogP contribution in [0, 0.1) is 12.7 Å². The Morgan fingerprint density at radius 1 is 1.23 bits per heavy atom. The second-order valence-corrected chi connectivity index (χ2v) is 9.44. The molecular formula is C28H36FN3O3. The zero-order valence-electron chi connectivity index (χ0n) is 21.3. The Morgan fingerprint density at radius 2 is 1.97 bits per heavy atom. The number of rotatable bonds is 8. The smallest absolute Gasteiger partial charge is 0.251 e. The molecule has 0 aliphatic carbocycles. The van der Waals surface area contributed by atoms with E-state index >= 15 is 0 Å². The molecular weight excluding hydrogens is 445 g/mol. The molecule has 1 fully saturated rings. The van der Waals surface area contributed by atoms with Crippen LogP contribution in [-0.4, -0.2) is 60.9 Å². The van der Waals surface area contributed by atoms with Gasteiger partial charge in [0.25, 0.3) is 5.91 Å². The molecule has 2 atom stereocenters. The minimum atomic E-state index is -0.426. The lowest BCUT2D eigenvalue weighted by molar-refractivity contribution is -0.130. The highest BCUT2D eigenvalue weighted by Crippen LogP contribution is 2.30. The van der Waals surface area contributed by atoms with Crippen LogP contribution in [0.4, 0.5) is 4.39 Å². The molecule has 2 aromatic carbocycles. The number of carbonyl (C=O) groups is 2. The van der Waals surface area contributed by atoms with Crippen LogP contribution >= 0.6 is 0 Å². The maximum atomic E-state index is 14.5. The first-order valence-corrected chi connectivity index (χ1v) is 12.1. The van der Waals surface area contributed by atoms with Gasteiger partial charge >= 0.3 is 0 Å². The van der Waals surface area contributed by atoms with Crippen LogP contribution in [0.15, 0.2) is 49.1 Å². The summed E-state index contributed by atoms with van der Waals surface area (Å²) in [5.74, 6) is 0.267. The number of aryl methyl sites for hydroxylation is 1. The van der Waals surface area contributed by atoms with Gasteiger partial charge in [0.2, 0.25) is 5.91 Å². The lowest BCUT2D eigenvalue weighted by Gasteiger charge is -2.40. The third-order valence-electron chi connectivity index (χ3n) is 6.56. The van der Waals surface area contributed by atoms with E-state index in [0.29, 0.717) is 43.1 Å². The first-order chi connectivity index (χ1) is 16.6. The number of nitrogens with one attached hydrogen (secondary N) is 1. The van der Waals surface area contributed by atoms with Crippen molar-refractivity contribution in [3.63, 3.8) is 0 Å². The van der Waals surface area contributed by atoms with Crippen LogP contribution < -0.4 is 10.1 Å². The van der Waals surface area contributed by atoms with Crippen molar-refractivity contribution >= 4 is 11.8 Å². The molecule has 2 aromatic rings. The van der Waals surface area contributed by atoms with Crippen molar-refractivity contribution in [2.45, 2.75) is 45.8 Å². The molecule has 0 aromatic heterocycles. The summed E-state index contributed by atoms with van der Waals surface area (Å²) in [6.07, 6.45) is 0.923. The monoisotopic (exact) mass is 481 g/mol. The normalized spacial score (nSPS) is 17.2. The van der Waals surface area contributed by atoms with Crippen LogP contribution in [0.5, 0.6) is 5.75 Å². The van der Waals surface area contributed by atoms with E-state index < -0.39 is 6.10 Å². The third kappa shape index (κ3) is 6.28. The number of ether oxygens (including phenoxy) is 1. The molecule has 1 aliphatic heterocycles. The van der Waals surface area contributed by atoms with Gasteiger partial charge in [0.15, 0.2) is 0 Å².